The van der Waals surface area contributed by atoms with Crippen LogP contribution in [0.25, 0.3) is 0 Å². The van der Waals surface area contributed by atoms with E-state index in [2.05, 4.69) is 10.5 Å². The molecular weight excluding hydrogens is 235 g/mol. The summed E-state index contributed by atoms with van der Waals surface area (Å²) in [5.74, 6) is 0. The van der Waals surface area contributed by atoms with Crippen molar-refractivity contribution >= 4 is 35.2 Å². The second-order valence-corrected chi connectivity index (χ2v) is 3.58. The average molecular weight is 247 g/mol. The summed E-state index contributed by atoms with van der Waals surface area (Å²) in [5, 5.41) is 0.925. The van der Waals surface area contributed by atoms with Crippen molar-refractivity contribution in [1.82, 2.24) is 5.48 Å². The van der Waals surface area contributed by atoms with Crippen molar-refractivity contribution in [1.29, 1.82) is 0 Å². The quantitative estimate of drug-likeness (QED) is 0.373. The van der Waals surface area contributed by atoms with Gasteiger partial charge in [0, 0.05) is 0 Å². The fourth-order valence-corrected chi connectivity index (χ4v) is 1.23. The van der Waals surface area contributed by atoms with Gasteiger partial charge in [-0.05, 0) is 18.6 Å². The van der Waals surface area contributed by atoms with E-state index < -0.39 is 0 Å². The molecular formula is C10H12Cl2N2O. The highest BCUT2D eigenvalue weighted by atomic mass is 35.5. The van der Waals surface area contributed by atoms with Crippen molar-refractivity contribution in [2.24, 2.45) is 4.99 Å². The normalized spacial score (nSPS) is 10.9. The molecule has 0 spiro atoms. The van der Waals surface area contributed by atoms with Crippen molar-refractivity contribution < 1.29 is 4.84 Å². The van der Waals surface area contributed by atoms with Gasteiger partial charge in [0.05, 0.1) is 22.3 Å². The Morgan fingerprint density at radius 2 is 2.27 bits per heavy atom. The molecule has 0 aliphatic carbocycles. The van der Waals surface area contributed by atoms with E-state index in [1.54, 1.807) is 18.2 Å². The first-order valence-corrected chi connectivity index (χ1v) is 5.35. The molecule has 0 fully saturated rings. The van der Waals surface area contributed by atoms with Crippen LogP contribution in [0, 0.1) is 0 Å². The molecule has 1 aromatic carbocycles. The minimum atomic E-state index is 0.438. The van der Waals surface area contributed by atoms with E-state index in [9.17, 15) is 0 Å². The molecule has 0 aliphatic heterocycles. The standard InChI is InChI=1S/C10H12Cl2N2O/c1-2-6-15-14-7-13-9-5-3-4-8(11)10(9)12/h3-5,7H,2,6H2,1H3,(H,13,14). The first-order chi connectivity index (χ1) is 7.25. The summed E-state index contributed by atoms with van der Waals surface area (Å²) in [6.07, 6.45) is 2.38. The number of nitrogens with zero attached hydrogens (tertiary/aromatic N) is 1. The molecule has 1 aromatic rings. The summed E-state index contributed by atoms with van der Waals surface area (Å²) in [4.78, 5) is 9.06. The zero-order valence-corrected chi connectivity index (χ0v) is 9.85. The van der Waals surface area contributed by atoms with Crippen LogP contribution in [0.3, 0.4) is 0 Å². The third-order valence-corrected chi connectivity index (χ3v) is 2.39. The van der Waals surface area contributed by atoms with Crippen molar-refractivity contribution in [3.05, 3.63) is 28.2 Å². The molecule has 0 saturated carbocycles. The fourth-order valence-electron chi connectivity index (χ4n) is 0.886. The Morgan fingerprint density at radius 3 is 3.00 bits per heavy atom. The second-order valence-electron chi connectivity index (χ2n) is 2.80. The summed E-state index contributed by atoms with van der Waals surface area (Å²) < 4.78 is 0. The number of rotatable bonds is 5. The van der Waals surface area contributed by atoms with Crippen molar-refractivity contribution in [2.45, 2.75) is 13.3 Å². The molecule has 0 bridgehead atoms. The van der Waals surface area contributed by atoms with Crippen LogP contribution in [-0.4, -0.2) is 12.9 Å². The maximum absolute atomic E-state index is 5.92. The number of nitrogens with one attached hydrogen (secondary N) is 1. The van der Waals surface area contributed by atoms with Crippen LogP contribution in [0.5, 0.6) is 0 Å². The van der Waals surface area contributed by atoms with Crippen molar-refractivity contribution in [3.63, 3.8) is 0 Å². The van der Waals surface area contributed by atoms with Crippen LogP contribution in [-0.2, 0) is 4.84 Å². The Morgan fingerprint density at radius 1 is 1.47 bits per heavy atom. The molecule has 0 saturated heterocycles. The van der Waals surface area contributed by atoms with Gasteiger partial charge in [-0.3, -0.25) is 10.3 Å². The van der Waals surface area contributed by atoms with Gasteiger partial charge >= 0.3 is 0 Å². The maximum Gasteiger partial charge on any atom is 0.113 e. The van der Waals surface area contributed by atoms with Crippen LogP contribution in [0.2, 0.25) is 10.0 Å². The number of hydrogen-bond acceptors (Lipinski definition) is 2. The van der Waals surface area contributed by atoms with Gasteiger partial charge in [-0.15, -0.1) is 0 Å². The monoisotopic (exact) mass is 246 g/mol. The summed E-state index contributed by atoms with van der Waals surface area (Å²) >= 11 is 11.7. The third-order valence-electron chi connectivity index (χ3n) is 1.58. The largest absolute Gasteiger partial charge is 0.275 e. The van der Waals surface area contributed by atoms with E-state index >= 15 is 0 Å². The molecule has 0 atom stereocenters. The molecule has 1 rings (SSSR count). The highest BCUT2D eigenvalue weighted by Crippen LogP contribution is 2.31. The Labute approximate surface area is 99.0 Å². The lowest BCUT2D eigenvalue weighted by Gasteiger charge is -2.01. The first-order valence-electron chi connectivity index (χ1n) is 4.59. The minimum Gasteiger partial charge on any atom is -0.275 e. The lowest BCUT2D eigenvalue weighted by Crippen LogP contribution is -2.12. The molecule has 0 unspecified atom stereocenters. The summed E-state index contributed by atoms with van der Waals surface area (Å²) in [5.41, 5.74) is 3.20. The average Bonchev–Trinajstić information content (AvgIpc) is 2.24. The highest BCUT2D eigenvalue weighted by molar-refractivity contribution is 6.43. The maximum atomic E-state index is 5.92. The predicted molar refractivity (Wildman–Crippen MR) is 64.0 cm³/mol. The van der Waals surface area contributed by atoms with Gasteiger partial charge < -0.3 is 0 Å². The van der Waals surface area contributed by atoms with E-state index in [1.165, 1.54) is 6.34 Å². The molecule has 0 aliphatic rings. The van der Waals surface area contributed by atoms with E-state index in [-0.39, 0.29) is 0 Å². The van der Waals surface area contributed by atoms with Gasteiger partial charge in [-0.25, -0.2) is 4.99 Å². The van der Waals surface area contributed by atoms with Crippen molar-refractivity contribution in [2.75, 3.05) is 6.61 Å². The Hall–Kier alpha value is -0.770. The first kappa shape index (κ1) is 12.3. The van der Waals surface area contributed by atoms with E-state index in [0.29, 0.717) is 22.3 Å². The minimum absolute atomic E-state index is 0.438. The summed E-state index contributed by atoms with van der Waals surface area (Å²) in [7, 11) is 0. The molecule has 82 valence electrons. The van der Waals surface area contributed by atoms with Gasteiger partial charge in [0.15, 0.2) is 0 Å². The molecule has 0 aromatic heterocycles. The van der Waals surface area contributed by atoms with E-state index in [4.69, 9.17) is 28.0 Å². The van der Waals surface area contributed by atoms with Gasteiger partial charge in [0.1, 0.15) is 6.34 Å². The smallest absolute Gasteiger partial charge is 0.113 e. The highest BCUT2D eigenvalue weighted by Gasteiger charge is 2.01. The van der Waals surface area contributed by atoms with Gasteiger partial charge in [0.2, 0.25) is 0 Å². The molecule has 1 N–H and O–H groups in total. The zero-order chi connectivity index (χ0) is 11.1. The number of hydrogen-bond donors (Lipinski definition) is 1. The number of hydroxylamine groups is 1. The van der Waals surface area contributed by atoms with Crippen LogP contribution >= 0.6 is 23.2 Å². The Bertz CT molecular complexity index is 342. The van der Waals surface area contributed by atoms with Crippen LogP contribution in [0.15, 0.2) is 23.2 Å². The predicted octanol–water partition coefficient (Wildman–Crippen LogP) is 3.58. The third kappa shape index (κ3) is 4.08. The fraction of sp³-hybridized carbons (Fsp3) is 0.300. The van der Waals surface area contributed by atoms with E-state index in [0.717, 1.165) is 6.42 Å². The van der Waals surface area contributed by atoms with Crippen LogP contribution in [0.1, 0.15) is 13.3 Å². The van der Waals surface area contributed by atoms with Gasteiger partial charge in [-0.1, -0.05) is 36.2 Å². The second kappa shape index (κ2) is 6.67. The number of halogens is 2. The topological polar surface area (TPSA) is 33.6 Å². The molecule has 0 heterocycles. The Kier molecular flexibility index (Phi) is 5.47. The SMILES string of the molecule is CCCONC=Nc1cccc(Cl)c1Cl. The Balaban J connectivity index is 2.53. The van der Waals surface area contributed by atoms with Gasteiger partial charge in [-0.2, -0.15) is 0 Å². The summed E-state index contributed by atoms with van der Waals surface area (Å²) in [6, 6.07) is 5.27. The van der Waals surface area contributed by atoms with Crippen molar-refractivity contribution in [3.8, 4) is 0 Å². The molecule has 15 heavy (non-hydrogen) atoms. The summed E-state index contributed by atoms with van der Waals surface area (Å²) in [6.45, 7) is 2.65. The van der Waals surface area contributed by atoms with Crippen LogP contribution in [0.4, 0.5) is 5.69 Å². The number of benzene rings is 1. The van der Waals surface area contributed by atoms with Gasteiger partial charge in [0.25, 0.3) is 0 Å². The lowest BCUT2D eigenvalue weighted by molar-refractivity contribution is 0.0890. The van der Waals surface area contributed by atoms with E-state index in [1.807, 2.05) is 6.92 Å². The lowest BCUT2D eigenvalue weighted by atomic mass is 10.3. The zero-order valence-electron chi connectivity index (χ0n) is 8.34. The molecule has 5 heteroatoms. The number of aliphatic imine (C=N–C) groups is 1. The van der Waals surface area contributed by atoms with Crippen LogP contribution < -0.4 is 5.48 Å². The molecule has 0 amide bonds. The molecule has 0 radical (unpaired) electrons. The molecule has 3 nitrogen and oxygen atoms in total.